The van der Waals surface area contributed by atoms with Gasteiger partial charge in [0.05, 0.1) is 0 Å². The number of aryl methyl sites for hydroxylation is 3. The summed E-state index contributed by atoms with van der Waals surface area (Å²) in [6, 6.07) is 6.10. The number of para-hydroxylation sites is 1. The van der Waals surface area contributed by atoms with Crippen molar-refractivity contribution in [3.05, 3.63) is 58.1 Å². The van der Waals surface area contributed by atoms with Crippen molar-refractivity contribution in [3.63, 3.8) is 0 Å². The van der Waals surface area contributed by atoms with E-state index in [0.29, 0.717) is 24.2 Å². The molecule has 0 fully saturated rings. The first-order chi connectivity index (χ1) is 13.9. The summed E-state index contributed by atoms with van der Waals surface area (Å²) >= 11 is 0. The molecule has 0 saturated carbocycles. The third-order valence-corrected chi connectivity index (χ3v) is 5.39. The van der Waals surface area contributed by atoms with Crippen LogP contribution in [0, 0.1) is 0 Å². The van der Waals surface area contributed by atoms with Crippen LogP contribution in [0.1, 0.15) is 64.4 Å². The summed E-state index contributed by atoms with van der Waals surface area (Å²) < 4.78 is 1.56. The molecule has 1 aromatic carbocycles. The van der Waals surface area contributed by atoms with E-state index in [9.17, 15) is 9.59 Å². The van der Waals surface area contributed by atoms with E-state index in [1.807, 2.05) is 43.4 Å². The lowest BCUT2D eigenvalue weighted by Gasteiger charge is -2.14. The van der Waals surface area contributed by atoms with Crippen LogP contribution < -0.4 is 5.32 Å². The van der Waals surface area contributed by atoms with Crippen molar-refractivity contribution in [2.45, 2.75) is 46.0 Å². The quantitative estimate of drug-likeness (QED) is 0.619. The number of Topliss-reactive ketones (excluding diaryl/α,β-unsaturated/α-hetero) is 1. The predicted octanol–water partition coefficient (Wildman–Crippen LogP) is 3.76. The van der Waals surface area contributed by atoms with Crippen molar-refractivity contribution in [2.24, 2.45) is 7.05 Å². The van der Waals surface area contributed by atoms with Crippen LogP contribution in [-0.2, 0) is 26.3 Å². The van der Waals surface area contributed by atoms with Crippen LogP contribution >= 0.6 is 0 Å². The standard InChI is InChI=1S/C23H30N4O2/c1-6-15-10-8-11-16(7-2)19(15)24-23(29)20-18-13-9-12-17(14-26(3)4)22(28)21(18)27(5)25-20/h8,10-11,14H,6-7,9,12-13H2,1-5H3,(H,24,29)/b17-14+. The molecule has 1 heterocycles. The Balaban J connectivity index is 2.00. The number of nitrogens with one attached hydrogen (secondary N) is 1. The lowest BCUT2D eigenvalue weighted by Crippen LogP contribution is -2.17. The van der Waals surface area contributed by atoms with Crippen LogP contribution in [0.25, 0.3) is 0 Å². The van der Waals surface area contributed by atoms with Crippen LogP contribution in [-0.4, -0.2) is 40.5 Å². The van der Waals surface area contributed by atoms with E-state index < -0.39 is 0 Å². The monoisotopic (exact) mass is 394 g/mol. The fourth-order valence-electron chi connectivity index (χ4n) is 4.00. The molecule has 0 radical (unpaired) electrons. The van der Waals surface area contributed by atoms with Crippen LogP contribution in [0.3, 0.4) is 0 Å². The van der Waals surface area contributed by atoms with Crippen molar-refractivity contribution in [1.29, 1.82) is 0 Å². The molecule has 1 N–H and O–H groups in total. The van der Waals surface area contributed by atoms with Gasteiger partial charge in [-0.15, -0.1) is 0 Å². The largest absolute Gasteiger partial charge is 0.383 e. The number of rotatable bonds is 5. The Morgan fingerprint density at radius 1 is 1.21 bits per heavy atom. The number of fused-ring (bicyclic) bond motifs is 1. The minimum atomic E-state index is -0.245. The predicted molar refractivity (Wildman–Crippen MR) is 115 cm³/mol. The van der Waals surface area contributed by atoms with Crippen molar-refractivity contribution in [3.8, 4) is 0 Å². The first-order valence-electron chi connectivity index (χ1n) is 10.3. The van der Waals surface area contributed by atoms with Gasteiger partial charge in [-0.3, -0.25) is 14.3 Å². The van der Waals surface area contributed by atoms with Crippen molar-refractivity contribution in [2.75, 3.05) is 19.4 Å². The second kappa shape index (κ2) is 8.64. The van der Waals surface area contributed by atoms with E-state index in [0.717, 1.165) is 47.2 Å². The van der Waals surface area contributed by atoms with Crippen LogP contribution in [0.5, 0.6) is 0 Å². The zero-order valence-corrected chi connectivity index (χ0v) is 18.0. The number of allylic oxidation sites excluding steroid dienone is 1. The SMILES string of the molecule is CCc1cccc(CC)c1NC(=O)c1nn(C)c2c1CCC/C(=C\N(C)C)C2=O. The lowest BCUT2D eigenvalue weighted by molar-refractivity contribution is 0.101. The van der Waals surface area contributed by atoms with E-state index in [1.165, 1.54) is 0 Å². The number of ketones is 1. The molecular formula is C23H30N4O2. The van der Waals surface area contributed by atoms with Gasteiger partial charge in [0.15, 0.2) is 5.69 Å². The van der Waals surface area contributed by atoms with Gasteiger partial charge in [0.2, 0.25) is 5.78 Å². The maximum atomic E-state index is 13.2. The second-order valence-corrected chi connectivity index (χ2v) is 7.71. The van der Waals surface area contributed by atoms with Gasteiger partial charge < -0.3 is 10.2 Å². The van der Waals surface area contributed by atoms with Gasteiger partial charge in [0.25, 0.3) is 5.91 Å². The highest BCUT2D eigenvalue weighted by Crippen LogP contribution is 2.28. The molecule has 3 rings (SSSR count). The number of carbonyl (C=O) groups is 2. The number of amides is 1. The highest BCUT2D eigenvalue weighted by atomic mass is 16.2. The Hall–Kier alpha value is -2.89. The van der Waals surface area contributed by atoms with Crippen LogP contribution in [0.2, 0.25) is 0 Å². The molecule has 0 unspecified atom stereocenters. The Bertz CT molecular complexity index is 947. The van der Waals surface area contributed by atoms with Gasteiger partial charge in [0, 0.05) is 44.2 Å². The molecule has 0 saturated heterocycles. The highest BCUT2D eigenvalue weighted by molar-refractivity contribution is 6.12. The minimum absolute atomic E-state index is 0.0385. The maximum Gasteiger partial charge on any atom is 0.276 e. The number of nitrogens with zero attached hydrogens (tertiary/aromatic N) is 3. The summed E-state index contributed by atoms with van der Waals surface area (Å²) in [7, 11) is 5.55. The van der Waals surface area contributed by atoms with E-state index in [2.05, 4.69) is 24.3 Å². The van der Waals surface area contributed by atoms with Crippen molar-refractivity contribution < 1.29 is 9.59 Å². The first kappa shape index (κ1) is 20.8. The molecule has 154 valence electrons. The average Bonchev–Trinajstić information content (AvgIpc) is 2.93. The number of aromatic nitrogens is 2. The first-order valence-corrected chi connectivity index (χ1v) is 10.3. The molecule has 1 aliphatic carbocycles. The Morgan fingerprint density at radius 2 is 1.86 bits per heavy atom. The molecule has 2 aromatic rings. The summed E-state index contributed by atoms with van der Waals surface area (Å²) in [6.07, 6.45) is 5.72. The van der Waals surface area contributed by atoms with Gasteiger partial charge in [-0.1, -0.05) is 32.0 Å². The zero-order chi connectivity index (χ0) is 21.1. The number of benzene rings is 1. The summed E-state index contributed by atoms with van der Waals surface area (Å²) in [5.41, 5.74) is 5.47. The summed E-state index contributed by atoms with van der Waals surface area (Å²) in [5, 5.41) is 7.54. The molecule has 0 atom stereocenters. The summed E-state index contributed by atoms with van der Waals surface area (Å²) in [5.74, 6) is -0.284. The molecular weight excluding hydrogens is 364 g/mol. The Morgan fingerprint density at radius 3 is 2.45 bits per heavy atom. The zero-order valence-electron chi connectivity index (χ0n) is 18.0. The lowest BCUT2D eigenvalue weighted by atomic mass is 10.0. The van der Waals surface area contributed by atoms with Crippen molar-refractivity contribution >= 4 is 17.4 Å². The van der Waals surface area contributed by atoms with Crippen LogP contribution in [0.15, 0.2) is 30.0 Å². The topological polar surface area (TPSA) is 67.2 Å². The number of anilines is 1. The van der Waals surface area contributed by atoms with E-state index in [1.54, 1.807) is 11.7 Å². The van der Waals surface area contributed by atoms with Gasteiger partial charge in [-0.25, -0.2) is 0 Å². The minimum Gasteiger partial charge on any atom is -0.383 e. The molecule has 1 aliphatic rings. The van der Waals surface area contributed by atoms with Crippen LogP contribution in [0.4, 0.5) is 5.69 Å². The Labute approximate surface area is 172 Å². The van der Waals surface area contributed by atoms with Gasteiger partial charge in [0.1, 0.15) is 5.69 Å². The molecule has 6 heteroatoms. The third-order valence-electron chi connectivity index (χ3n) is 5.39. The average molecular weight is 395 g/mol. The third kappa shape index (κ3) is 4.11. The molecule has 0 aliphatic heterocycles. The molecule has 29 heavy (non-hydrogen) atoms. The molecule has 1 aromatic heterocycles. The van der Waals surface area contributed by atoms with E-state index in [4.69, 9.17) is 0 Å². The second-order valence-electron chi connectivity index (χ2n) is 7.71. The summed E-state index contributed by atoms with van der Waals surface area (Å²) in [6.45, 7) is 4.16. The number of hydrogen-bond donors (Lipinski definition) is 1. The van der Waals surface area contributed by atoms with E-state index >= 15 is 0 Å². The Kier molecular flexibility index (Phi) is 6.20. The smallest absolute Gasteiger partial charge is 0.276 e. The molecule has 0 bridgehead atoms. The summed E-state index contributed by atoms with van der Waals surface area (Å²) in [4.78, 5) is 28.2. The molecule has 0 spiro atoms. The highest BCUT2D eigenvalue weighted by Gasteiger charge is 2.30. The maximum absolute atomic E-state index is 13.2. The van der Waals surface area contributed by atoms with Crippen molar-refractivity contribution in [1.82, 2.24) is 14.7 Å². The normalized spacial score (nSPS) is 15.2. The fraction of sp³-hybridized carbons (Fsp3) is 0.435. The molecule has 6 nitrogen and oxygen atoms in total. The fourth-order valence-corrected chi connectivity index (χ4v) is 4.00. The van der Waals surface area contributed by atoms with E-state index in [-0.39, 0.29) is 11.7 Å². The molecule has 1 amide bonds. The van der Waals surface area contributed by atoms with Gasteiger partial charge >= 0.3 is 0 Å². The number of carbonyl (C=O) groups excluding carboxylic acids is 2. The van der Waals surface area contributed by atoms with Gasteiger partial charge in [-0.2, -0.15) is 5.10 Å². The number of hydrogen-bond acceptors (Lipinski definition) is 4. The van der Waals surface area contributed by atoms with Gasteiger partial charge in [-0.05, 0) is 43.2 Å².